The largest absolute Gasteiger partial charge is 0.387 e. The van der Waals surface area contributed by atoms with Crippen LogP contribution >= 0.6 is 0 Å². The summed E-state index contributed by atoms with van der Waals surface area (Å²) in [5, 5.41) is 32.1. The molecule has 4 rings (SSSR count). The molecule has 1 aliphatic rings. The molecule has 2 amide bonds. The monoisotopic (exact) mass is 521 g/mol. The van der Waals surface area contributed by atoms with Crippen LogP contribution in [-0.4, -0.2) is 62.9 Å². The fourth-order valence-electron chi connectivity index (χ4n) is 4.60. The Kier molecular flexibility index (Phi) is 7.92. The molecule has 1 atom stereocenters. The van der Waals surface area contributed by atoms with Crippen LogP contribution in [0.15, 0.2) is 36.7 Å². The average molecular weight is 522 g/mol. The molecule has 0 saturated heterocycles. The summed E-state index contributed by atoms with van der Waals surface area (Å²) in [6.07, 6.45) is 4.19. The molecule has 3 heterocycles. The molecule has 1 fully saturated rings. The summed E-state index contributed by atoms with van der Waals surface area (Å²) >= 11 is 0. The fourth-order valence-corrected chi connectivity index (χ4v) is 4.60. The quantitative estimate of drug-likeness (QED) is 0.357. The molecule has 10 nitrogen and oxygen atoms in total. The number of nitrogens with zero attached hydrogens (tertiary/aromatic N) is 4. The standard InChI is InChI=1S/C27H32FN7O3/c1-27(2,38)24(28)15-32-26(37)20-14-31-22(23-9-8-19-10-16(12-29)13-33-35(19)23)11-21(20)34-18-6-4-17(5-7-18)25(36)30-3/h8-11,13-14,17-18,24,38H,4-7,15H2,1-3H3,(H,30,36)(H,31,34)(H,32,37). The third-order valence-corrected chi connectivity index (χ3v) is 6.95. The van der Waals surface area contributed by atoms with E-state index in [1.165, 1.54) is 26.2 Å². The number of hydrogen-bond donors (Lipinski definition) is 4. The van der Waals surface area contributed by atoms with Crippen LogP contribution < -0.4 is 16.0 Å². The van der Waals surface area contributed by atoms with Crippen LogP contribution in [0, 0.1) is 17.2 Å². The van der Waals surface area contributed by atoms with E-state index in [1.807, 2.05) is 12.1 Å². The van der Waals surface area contributed by atoms with Gasteiger partial charge in [0.15, 0.2) is 0 Å². The van der Waals surface area contributed by atoms with E-state index in [4.69, 9.17) is 5.26 Å². The summed E-state index contributed by atoms with van der Waals surface area (Å²) < 4.78 is 15.9. The van der Waals surface area contributed by atoms with E-state index in [0.29, 0.717) is 22.6 Å². The van der Waals surface area contributed by atoms with Crippen LogP contribution in [-0.2, 0) is 4.79 Å². The Balaban J connectivity index is 1.62. The maximum Gasteiger partial charge on any atom is 0.255 e. The molecule has 0 spiro atoms. The summed E-state index contributed by atoms with van der Waals surface area (Å²) in [4.78, 5) is 29.6. The first kappa shape index (κ1) is 27.0. The molecule has 0 aliphatic heterocycles. The maximum atomic E-state index is 14.3. The molecule has 4 N–H and O–H groups in total. The van der Waals surface area contributed by atoms with Gasteiger partial charge in [-0.1, -0.05) is 0 Å². The van der Waals surface area contributed by atoms with Crippen LogP contribution in [0.3, 0.4) is 0 Å². The second kappa shape index (κ2) is 11.1. The van der Waals surface area contributed by atoms with Gasteiger partial charge in [0.2, 0.25) is 5.91 Å². The molecule has 1 unspecified atom stereocenters. The van der Waals surface area contributed by atoms with Crippen molar-refractivity contribution < 1.29 is 19.1 Å². The van der Waals surface area contributed by atoms with E-state index >= 15 is 0 Å². The van der Waals surface area contributed by atoms with E-state index in [2.05, 4.69) is 32.1 Å². The number of carbonyl (C=O) groups excluding carboxylic acids is 2. The Morgan fingerprint density at radius 3 is 2.63 bits per heavy atom. The third kappa shape index (κ3) is 5.92. The molecule has 38 heavy (non-hydrogen) atoms. The van der Waals surface area contributed by atoms with Crippen molar-refractivity contribution in [2.45, 2.75) is 57.3 Å². The number of nitriles is 1. The highest BCUT2D eigenvalue weighted by Gasteiger charge is 2.29. The molecule has 200 valence electrons. The van der Waals surface area contributed by atoms with Crippen LogP contribution in [0.2, 0.25) is 0 Å². The summed E-state index contributed by atoms with van der Waals surface area (Å²) in [5.41, 5.74) is 1.58. The fraction of sp³-hybridized carbons (Fsp3) is 0.444. The topological polar surface area (TPSA) is 144 Å². The van der Waals surface area contributed by atoms with Gasteiger partial charge in [0.05, 0.1) is 52.1 Å². The van der Waals surface area contributed by atoms with Gasteiger partial charge in [-0.25, -0.2) is 8.91 Å². The van der Waals surface area contributed by atoms with Crippen molar-refractivity contribution in [3.8, 4) is 17.5 Å². The lowest BCUT2D eigenvalue weighted by atomic mass is 9.85. The minimum absolute atomic E-state index is 0.0309. The van der Waals surface area contributed by atoms with Crippen LogP contribution in [0.5, 0.6) is 0 Å². The predicted octanol–water partition coefficient (Wildman–Crippen LogP) is 2.82. The number of amides is 2. The number of rotatable bonds is 8. The van der Waals surface area contributed by atoms with Crippen molar-refractivity contribution in [1.82, 2.24) is 25.2 Å². The summed E-state index contributed by atoms with van der Waals surface area (Å²) in [5.74, 6) is -0.516. The van der Waals surface area contributed by atoms with Crippen LogP contribution in [0.4, 0.5) is 10.1 Å². The predicted molar refractivity (Wildman–Crippen MR) is 140 cm³/mol. The van der Waals surface area contributed by atoms with Crippen molar-refractivity contribution in [3.05, 3.63) is 47.8 Å². The second-order valence-electron chi connectivity index (χ2n) is 10.2. The van der Waals surface area contributed by atoms with Crippen molar-refractivity contribution in [3.63, 3.8) is 0 Å². The number of fused-ring (bicyclic) bond motifs is 1. The molecule has 11 heteroatoms. The Morgan fingerprint density at radius 2 is 1.97 bits per heavy atom. The van der Waals surface area contributed by atoms with Gasteiger partial charge >= 0.3 is 0 Å². The van der Waals surface area contributed by atoms with Gasteiger partial charge in [-0.15, -0.1) is 0 Å². The normalized spacial score (nSPS) is 18.4. The van der Waals surface area contributed by atoms with Crippen molar-refractivity contribution in [2.24, 2.45) is 5.92 Å². The minimum Gasteiger partial charge on any atom is -0.387 e. The number of pyridine rings is 1. The van der Waals surface area contributed by atoms with Gasteiger partial charge in [-0.05, 0) is 63.8 Å². The first-order chi connectivity index (χ1) is 18.1. The van der Waals surface area contributed by atoms with Crippen molar-refractivity contribution >= 4 is 23.0 Å². The second-order valence-corrected chi connectivity index (χ2v) is 10.2. The van der Waals surface area contributed by atoms with Crippen LogP contribution in [0.25, 0.3) is 16.9 Å². The number of alkyl halides is 1. The molecule has 1 aliphatic carbocycles. The zero-order valence-corrected chi connectivity index (χ0v) is 21.7. The average Bonchev–Trinajstić information content (AvgIpc) is 3.34. The molecule has 3 aromatic heterocycles. The summed E-state index contributed by atoms with van der Waals surface area (Å²) in [6, 6.07) is 9.24. The number of carbonyl (C=O) groups is 2. The van der Waals surface area contributed by atoms with Crippen LogP contribution in [0.1, 0.15) is 55.5 Å². The number of nitrogens with one attached hydrogen (secondary N) is 3. The first-order valence-corrected chi connectivity index (χ1v) is 12.6. The van der Waals surface area contributed by atoms with Crippen molar-refractivity contribution in [2.75, 3.05) is 18.9 Å². The molecule has 0 bridgehead atoms. The number of halogens is 1. The van der Waals surface area contributed by atoms with Gasteiger partial charge in [-0.2, -0.15) is 10.4 Å². The molecular weight excluding hydrogens is 489 g/mol. The molecule has 0 aromatic carbocycles. The lowest BCUT2D eigenvalue weighted by Gasteiger charge is -2.29. The summed E-state index contributed by atoms with van der Waals surface area (Å²) in [6.45, 7) is 2.34. The number of anilines is 1. The van der Waals surface area contributed by atoms with Gasteiger partial charge < -0.3 is 21.1 Å². The lowest BCUT2D eigenvalue weighted by molar-refractivity contribution is -0.125. The minimum atomic E-state index is -1.65. The molecular formula is C27H32FN7O3. The highest BCUT2D eigenvalue weighted by atomic mass is 19.1. The number of aliphatic hydroxyl groups is 1. The molecule has 0 radical (unpaired) electrons. The highest BCUT2D eigenvalue weighted by molar-refractivity contribution is 6.00. The van der Waals surface area contributed by atoms with E-state index in [9.17, 15) is 19.1 Å². The van der Waals surface area contributed by atoms with Crippen molar-refractivity contribution in [1.29, 1.82) is 5.26 Å². The number of hydrogen-bond acceptors (Lipinski definition) is 7. The van der Waals surface area contributed by atoms with E-state index in [0.717, 1.165) is 31.2 Å². The Morgan fingerprint density at radius 1 is 1.24 bits per heavy atom. The molecule has 3 aromatic rings. The zero-order valence-electron chi connectivity index (χ0n) is 21.7. The zero-order chi connectivity index (χ0) is 27.4. The van der Waals surface area contributed by atoms with Gasteiger partial charge in [-0.3, -0.25) is 14.6 Å². The first-order valence-electron chi connectivity index (χ1n) is 12.6. The van der Waals surface area contributed by atoms with Gasteiger partial charge in [0.25, 0.3) is 5.91 Å². The maximum absolute atomic E-state index is 14.3. The highest BCUT2D eigenvalue weighted by Crippen LogP contribution is 2.30. The lowest BCUT2D eigenvalue weighted by Crippen LogP contribution is -2.42. The smallest absolute Gasteiger partial charge is 0.255 e. The Bertz CT molecular complexity index is 1370. The molecule has 1 saturated carbocycles. The van der Waals surface area contributed by atoms with E-state index < -0.39 is 17.7 Å². The van der Waals surface area contributed by atoms with E-state index in [-0.39, 0.29) is 30.0 Å². The Hall–Kier alpha value is -4.04. The SMILES string of the molecule is CNC(=O)C1CCC(Nc2cc(-c3ccc4cc(C#N)cnn34)ncc2C(=O)NCC(F)C(C)(C)O)CC1. The number of aromatic nitrogens is 3. The van der Waals surface area contributed by atoms with E-state index in [1.54, 1.807) is 23.7 Å². The van der Waals surface area contributed by atoms with Gasteiger partial charge in [0, 0.05) is 25.2 Å². The Labute approximate surface area is 220 Å². The summed E-state index contributed by atoms with van der Waals surface area (Å²) in [7, 11) is 1.64. The van der Waals surface area contributed by atoms with Gasteiger partial charge in [0.1, 0.15) is 12.2 Å². The third-order valence-electron chi connectivity index (χ3n) is 6.95.